The average Bonchev–Trinajstić information content (AvgIpc) is 2.54. The Bertz CT molecular complexity index is 761. The summed E-state index contributed by atoms with van der Waals surface area (Å²) in [7, 11) is 1.27. The van der Waals surface area contributed by atoms with Gasteiger partial charge >= 0.3 is 5.97 Å². The molecule has 23 heavy (non-hydrogen) atoms. The highest BCUT2D eigenvalue weighted by molar-refractivity contribution is 7.80. The lowest BCUT2D eigenvalue weighted by molar-refractivity contribution is 0.0600. The molecule has 0 aliphatic carbocycles. The van der Waals surface area contributed by atoms with Gasteiger partial charge in [-0.05, 0) is 42.5 Å². The van der Waals surface area contributed by atoms with Crippen molar-refractivity contribution in [2.24, 2.45) is 0 Å². The van der Waals surface area contributed by atoms with Crippen molar-refractivity contribution in [2.45, 2.75) is 0 Å². The molecule has 3 N–H and O–H groups in total. The Kier molecular flexibility index (Phi) is 5.27. The van der Waals surface area contributed by atoms with Crippen molar-refractivity contribution in [1.29, 1.82) is 0 Å². The molecule has 0 atom stereocenters. The minimum Gasteiger partial charge on any atom is -0.508 e. The molecule has 0 radical (unpaired) electrons. The van der Waals surface area contributed by atoms with Crippen LogP contribution in [0, 0.1) is 0 Å². The van der Waals surface area contributed by atoms with E-state index in [0.717, 1.165) is 0 Å². The second-order valence-electron chi connectivity index (χ2n) is 4.53. The van der Waals surface area contributed by atoms with Crippen LogP contribution in [0.3, 0.4) is 0 Å². The van der Waals surface area contributed by atoms with Crippen molar-refractivity contribution < 1.29 is 19.4 Å². The van der Waals surface area contributed by atoms with Crippen molar-refractivity contribution in [3.8, 4) is 5.75 Å². The third-order valence-corrected chi connectivity index (χ3v) is 3.08. The molecule has 0 saturated heterocycles. The Labute approximate surface area is 138 Å². The molecule has 0 aliphatic rings. The summed E-state index contributed by atoms with van der Waals surface area (Å²) >= 11 is 5.05. The fraction of sp³-hybridized carbons (Fsp3) is 0.0625. The number of phenolic OH excluding ortho intramolecular Hbond substituents is 1. The van der Waals surface area contributed by atoms with E-state index in [9.17, 15) is 14.7 Å². The van der Waals surface area contributed by atoms with Gasteiger partial charge in [0, 0.05) is 17.3 Å². The Hall–Kier alpha value is -2.93. The van der Waals surface area contributed by atoms with E-state index < -0.39 is 11.9 Å². The number of nitrogens with one attached hydrogen (secondary N) is 2. The molecule has 118 valence electrons. The van der Waals surface area contributed by atoms with E-state index >= 15 is 0 Å². The largest absolute Gasteiger partial charge is 0.508 e. The number of esters is 1. The first-order chi connectivity index (χ1) is 11.0. The van der Waals surface area contributed by atoms with E-state index in [2.05, 4.69) is 15.4 Å². The fourth-order valence-corrected chi connectivity index (χ4v) is 2.04. The number of hydrogen-bond acceptors (Lipinski definition) is 5. The van der Waals surface area contributed by atoms with Gasteiger partial charge < -0.3 is 15.2 Å². The first-order valence-electron chi connectivity index (χ1n) is 6.59. The van der Waals surface area contributed by atoms with Crippen LogP contribution in [0.4, 0.5) is 5.69 Å². The van der Waals surface area contributed by atoms with Gasteiger partial charge in [-0.1, -0.05) is 12.1 Å². The van der Waals surface area contributed by atoms with Crippen molar-refractivity contribution in [2.75, 3.05) is 12.4 Å². The molecule has 2 aromatic rings. The van der Waals surface area contributed by atoms with E-state index in [1.54, 1.807) is 30.3 Å². The van der Waals surface area contributed by atoms with Gasteiger partial charge in [0.05, 0.1) is 12.7 Å². The molecule has 0 heterocycles. The van der Waals surface area contributed by atoms with Gasteiger partial charge in [-0.3, -0.25) is 10.1 Å². The van der Waals surface area contributed by atoms with Crippen molar-refractivity contribution in [3.63, 3.8) is 0 Å². The number of ether oxygens (including phenoxy) is 1. The van der Waals surface area contributed by atoms with Gasteiger partial charge in [-0.15, -0.1) is 0 Å². The number of anilines is 1. The van der Waals surface area contributed by atoms with E-state index in [-0.39, 0.29) is 22.0 Å². The Balaban J connectivity index is 2.04. The van der Waals surface area contributed by atoms with E-state index in [1.807, 2.05) is 0 Å². The molecule has 0 aliphatic heterocycles. The van der Waals surface area contributed by atoms with Crippen molar-refractivity contribution >= 4 is 34.9 Å². The maximum Gasteiger partial charge on any atom is 0.337 e. The topological polar surface area (TPSA) is 87.7 Å². The molecule has 0 spiro atoms. The molecule has 0 saturated carbocycles. The van der Waals surface area contributed by atoms with E-state index in [4.69, 9.17) is 12.2 Å². The van der Waals surface area contributed by atoms with Crippen LogP contribution < -0.4 is 10.6 Å². The maximum atomic E-state index is 12.1. The van der Waals surface area contributed by atoms with Crippen LogP contribution >= 0.6 is 12.2 Å². The van der Waals surface area contributed by atoms with Crippen LogP contribution in [0.2, 0.25) is 0 Å². The number of hydrogen-bond donors (Lipinski definition) is 3. The fourth-order valence-electron chi connectivity index (χ4n) is 1.83. The summed E-state index contributed by atoms with van der Waals surface area (Å²) in [5.74, 6) is -0.913. The third kappa shape index (κ3) is 4.52. The number of rotatable bonds is 3. The predicted molar refractivity (Wildman–Crippen MR) is 89.6 cm³/mol. The minimum absolute atomic E-state index is 0.0732. The van der Waals surface area contributed by atoms with Crippen LogP contribution in [-0.2, 0) is 4.74 Å². The number of carbonyl (C=O) groups is 2. The van der Waals surface area contributed by atoms with Crippen LogP contribution in [0.5, 0.6) is 5.75 Å². The second kappa shape index (κ2) is 7.37. The number of amides is 1. The Morgan fingerprint density at radius 2 is 1.78 bits per heavy atom. The van der Waals surface area contributed by atoms with Crippen molar-refractivity contribution in [1.82, 2.24) is 5.32 Å². The average molecular weight is 330 g/mol. The zero-order chi connectivity index (χ0) is 16.8. The number of phenols is 1. The molecule has 2 aromatic carbocycles. The van der Waals surface area contributed by atoms with Crippen LogP contribution in [0.25, 0.3) is 0 Å². The zero-order valence-electron chi connectivity index (χ0n) is 12.2. The number of benzene rings is 2. The zero-order valence-corrected chi connectivity index (χ0v) is 13.0. The lowest BCUT2D eigenvalue weighted by atomic mass is 10.1. The summed E-state index contributed by atoms with van der Waals surface area (Å²) < 4.78 is 4.61. The van der Waals surface area contributed by atoms with Gasteiger partial charge in [0.1, 0.15) is 5.75 Å². The highest BCUT2D eigenvalue weighted by Crippen LogP contribution is 2.15. The van der Waals surface area contributed by atoms with Crippen molar-refractivity contribution in [3.05, 3.63) is 59.7 Å². The van der Waals surface area contributed by atoms with Crippen LogP contribution in [-0.4, -0.2) is 29.2 Å². The minimum atomic E-state index is -0.528. The summed E-state index contributed by atoms with van der Waals surface area (Å²) in [6.45, 7) is 0. The lowest BCUT2D eigenvalue weighted by Gasteiger charge is -2.10. The first-order valence-corrected chi connectivity index (χ1v) is 7.00. The molecule has 0 fully saturated rings. The number of carbonyl (C=O) groups excluding carboxylic acids is 2. The summed E-state index contributed by atoms with van der Waals surface area (Å²) in [5, 5.41) is 14.7. The predicted octanol–water partition coefficient (Wildman–Crippen LogP) is 2.31. The molecule has 6 nitrogen and oxygen atoms in total. The summed E-state index contributed by atoms with van der Waals surface area (Å²) in [6.07, 6.45) is 0. The summed E-state index contributed by atoms with van der Waals surface area (Å²) in [4.78, 5) is 23.6. The molecule has 0 unspecified atom stereocenters. The molecular formula is C16H14N2O4S. The normalized spacial score (nSPS) is 9.78. The quantitative estimate of drug-likeness (QED) is 0.591. The van der Waals surface area contributed by atoms with Gasteiger partial charge in [0.15, 0.2) is 5.11 Å². The monoisotopic (exact) mass is 330 g/mol. The molecule has 0 aromatic heterocycles. The van der Waals surface area contributed by atoms with Gasteiger partial charge in [-0.25, -0.2) is 4.79 Å². The van der Waals surface area contributed by atoms with E-state index in [0.29, 0.717) is 5.69 Å². The molecule has 2 rings (SSSR count). The molecule has 7 heteroatoms. The number of aromatic hydroxyl groups is 1. The second-order valence-corrected chi connectivity index (χ2v) is 4.94. The molecule has 0 bridgehead atoms. The highest BCUT2D eigenvalue weighted by atomic mass is 32.1. The van der Waals surface area contributed by atoms with E-state index in [1.165, 1.54) is 25.3 Å². The SMILES string of the molecule is COC(=O)c1cccc(C(=O)NC(=S)Nc2cccc(O)c2)c1. The number of thiocarbonyl (C=S) groups is 1. The molecule has 1 amide bonds. The van der Waals surface area contributed by atoms with Gasteiger partial charge in [-0.2, -0.15) is 0 Å². The third-order valence-electron chi connectivity index (χ3n) is 2.88. The number of methoxy groups -OCH3 is 1. The van der Waals surface area contributed by atoms with Crippen LogP contribution in [0.15, 0.2) is 48.5 Å². The summed E-state index contributed by atoms with van der Waals surface area (Å²) in [6, 6.07) is 12.4. The summed E-state index contributed by atoms with van der Waals surface area (Å²) in [5.41, 5.74) is 1.08. The Morgan fingerprint density at radius 3 is 2.48 bits per heavy atom. The first kappa shape index (κ1) is 16.4. The standard InChI is InChI=1S/C16H14N2O4S/c1-22-15(21)11-5-2-4-10(8-11)14(20)18-16(23)17-12-6-3-7-13(19)9-12/h2-9,19H,1H3,(H2,17,18,20,23). The maximum absolute atomic E-state index is 12.1. The van der Waals surface area contributed by atoms with Crippen LogP contribution in [0.1, 0.15) is 20.7 Å². The lowest BCUT2D eigenvalue weighted by Crippen LogP contribution is -2.34. The highest BCUT2D eigenvalue weighted by Gasteiger charge is 2.12. The van der Waals surface area contributed by atoms with Gasteiger partial charge in [0.25, 0.3) is 5.91 Å². The molecular weight excluding hydrogens is 316 g/mol. The smallest absolute Gasteiger partial charge is 0.337 e. The van der Waals surface area contributed by atoms with Gasteiger partial charge in [0.2, 0.25) is 0 Å². The Morgan fingerprint density at radius 1 is 1.09 bits per heavy atom.